The second kappa shape index (κ2) is 4.87. The summed E-state index contributed by atoms with van der Waals surface area (Å²) in [5, 5.41) is 0. The number of aromatic amines is 1. The van der Waals surface area contributed by atoms with E-state index in [0.717, 1.165) is 0 Å². The highest BCUT2D eigenvalue weighted by Gasteiger charge is 2.33. The maximum Gasteiger partial charge on any atom is 0.431 e. The first-order valence-electron chi connectivity index (χ1n) is 5.41. The molecule has 0 bridgehead atoms. The quantitative estimate of drug-likeness (QED) is 0.911. The number of H-pyrrole nitrogens is 1. The van der Waals surface area contributed by atoms with Gasteiger partial charge in [0.25, 0.3) is 5.56 Å². The fraction of sp³-hybridized carbons (Fsp3) is 0.167. The molecule has 0 amide bonds. The summed E-state index contributed by atoms with van der Waals surface area (Å²) >= 11 is 0. The lowest BCUT2D eigenvalue weighted by Gasteiger charge is -2.09. The van der Waals surface area contributed by atoms with Gasteiger partial charge in [0.2, 0.25) is 0 Å². The molecule has 0 unspecified atom stereocenters. The monoisotopic (exact) mass is 286 g/mol. The van der Waals surface area contributed by atoms with Crippen LogP contribution in [0.3, 0.4) is 0 Å². The molecule has 2 aromatic rings. The summed E-state index contributed by atoms with van der Waals surface area (Å²) in [7, 11) is 1.44. The topological polar surface area (TPSA) is 64.1 Å². The molecule has 1 aromatic carbocycles. The Morgan fingerprint density at radius 1 is 1.15 bits per heavy atom. The lowest BCUT2D eigenvalue weighted by molar-refractivity contribution is -0.141. The van der Waals surface area contributed by atoms with Crippen LogP contribution in [0, 0.1) is 0 Å². The maximum absolute atomic E-state index is 12.4. The van der Waals surface area contributed by atoms with E-state index in [1.807, 2.05) is 0 Å². The van der Waals surface area contributed by atoms with Crippen molar-refractivity contribution in [2.75, 3.05) is 7.11 Å². The molecule has 0 aliphatic rings. The van der Waals surface area contributed by atoms with E-state index in [9.17, 15) is 22.8 Å². The van der Waals surface area contributed by atoms with E-state index >= 15 is 0 Å². The molecule has 0 atom stereocenters. The molecule has 0 aliphatic heterocycles. The minimum atomic E-state index is -4.78. The first kappa shape index (κ1) is 13.9. The Balaban J connectivity index is 2.58. The number of halogens is 3. The average molecular weight is 286 g/mol. The fourth-order valence-corrected chi connectivity index (χ4v) is 1.62. The molecule has 20 heavy (non-hydrogen) atoms. The van der Waals surface area contributed by atoms with Crippen LogP contribution in [0.25, 0.3) is 5.69 Å². The predicted molar refractivity (Wildman–Crippen MR) is 64.2 cm³/mol. The average Bonchev–Trinajstić information content (AvgIpc) is 2.37. The molecule has 0 saturated heterocycles. The van der Waals surface area contributed by atoms with Crippen molar-refractivity contribution in [2.45, 2.75) is 6.18 Å². The Kier molecular flexibility index (Phi) is 3.39. The smallest absolute Gasteiger partial charge is 0.431 e. The molecule has 0 fully saturated rings. The Bertz CT molecular complexity index is 698. The van der Waals surface area contributed by atoms with Gasteiger partial charge in [-0.3, -0.25) is 4.79 Å². The first-order chi connectivity index (χ1) is 9.32. The highest BCUT2D eigenvalue weighted by Crippen LogP contribution is 2.25. The number of methoxy groups -OCH3 is 1. The third kappa shape index (κ3) is 2.58. The van der Waals surface area contributed by atoms with Crippen molar-refractivity contribution >= 4 is 0 Å². The van der Waals surface area contributed by atoms with Crippen LogP contribution >= 0.6 is 0 Å². The zero-order valence-corrected chi connectivity index (χ0v) is 10.2. The summed E-state index contributed by atoms with van der Waals surface area (Å²) in [4.78, 5) is 24.9. The first-order valence-corrected chi connectivity index (χ1v) is 5.41. The van der Waals surface area contributed by atoms with E-state index in [0.29, 0.717) is 16.4 Å². The van der Waals surface area contributed by atoms with Crippen molar-refractivity contribution in [1.82, 2.24) is 9.55 Å². The van der Waals surface area contributed by atoms with Gasteiger partial charge in [-0.25, -0.2) is 9.36 Å². The van der Waals surface area contributed by atoms with E-state index in [2.05, 4.69) is 0 Å². The van der Waals surface area contributed by atoms with E-state index in [4.69, 9.17) is 4.74 Å². The van der Waals surface area contributed by atoms with Gasteiger partial charge in [0, 0.05) is 6.07 Å². The minimum Gasteiger partial charge on any atom is -0.497 e. The summed E-state index contributed by atoms with van der Waals surface area (Å²) in [6, 6.07) is 6.09. The zero-order valence-electron chi connectivity index (χ0n) is 10.2. The molecule has 0 saturated carbocycles. The number of ether oxygens (including phenoxy) is 1. The third-order valence-electron chi connectivity index (χ3n) is 2.57. The minimum absolute atomic E-state index is 0.144. The summed E-state index contributed by atoms with van der Waals surface area (Å²) in [6.45, 7) is 0. The summed E-state index contributed by atoms with van der Waals surface area (Å²) in [6.07, 6.45) is -4.78. The molecular formula is C12H9F3N2O3. The van der Waals surface area contributed by atoms with Gasteiger partial charge < -0.3 is 9.72 Å². The summed E-state index contributed by atoms with van der Waals surface area (Å²) in [5.74, 6) is 0.491. The van der Waals surface area contributed by atoms with Crippen LogP contribution < -0.4 is 16.0 Å². The highest BCUT2D eigenvalue weighted by atomic mass is 19.4. The van der Waals surface area contributed by atoms with Crippen molar-refractivity contribution in [1.29, 1.82) is 0 Å². The van der Waals surface area contributed by atoms with E-state index in [1.54, 1.807) is 4.98 Å². The summed E-state index contributed by atoms with van der Waals surface area (Å²) in [5.41, 5.74) is -3.45. The number of hydrogen-bond donors (Lipinski definition) is 1. The van der Waals surface area contributed by atoms with Gasteiger partial charge in [0.15, 0.2) is 0 Å². The van der Waals surface area contributed by atoms with Gasteiger partial charge in [-0.1, -0.05) is 0 Å². The molecule has 0 aliphatic carbocycles. The van der Waals surface area contributed by atoms with E-state index in [-0.39, 0.29) is 5.69 Å². The van der Waals surface area contributed by atoms with Crippen molar-refractivity contribution in [3.8, 4) is 11.4 Å². The van der Waals surface area contributed by atoms with Crippen LogP contribution in [-0.2, 0) is 6.18 Å². The van der Waals surface area contributed by atoms with Gasteiger partial charge in [0.05, 0.1) is 12.8 Å². The van der Waals surface area contributed by atoms with Crippen LogP contribution in [0.15, 0.2) is 39.9 Å². The Hall–Kier alpha value is -2.51. The van der Waals surface area contributed by atoms with Crippen LogP contribution in [0.5, 0.6) is 5.75 Å². The number of nitrogens with one attached hydrogen (secondary N) is 1. The normalized spacial score (nSPS) is 11.4. The van der Waals surface area contributed by atoms with Crippen molar-refractivity contribution in [3.63, 3.8) is 0 Å². The number of benzene rings is 1. The predicted octanol–water partition coefficient (Wildman–Crippen LogP) is 1.55. The number of aromatic nitrogens is 2. The van der Waals surface area contributed by atoms with Crippen LogP contribution in [0.4, 0.5) is 13.2 Å². The lowest BCUT2D eigenvalue weighted by atomic mass is 10.3. The molecule has 5 nitrogen and oxygen atoms in total. The largest absolute Gasteiger partial charge is 0.497 e. The van der Waals surface area contributed by atoms with Gasteiger partial charge in [-0.15, -0.1) is 0 Å². The lowest BCUT2D eigenvalue weighted by Crippen LogP contribution is -2.35. The van der Waals surface area contributed by atoms with E-state index < -0.39 is 23.1 Å². The van der Waals surface area contributed by atoms with Crippen LogP contribution in [-0.4, -0.2) is 16.7 Å². The molecule has 2 rings (SSSR count). The van der Waals surface area contributed by atoms with Gasteiger partial charge in [-0.2, -0.15) is 13.2 Å². The fourth-order valence-electron chi connectivity index (χ4n) is 1.62. The van der Waals surface area contributed by atoms with Gasteiger partial charge in [0.1, 0.15) is 11.4 Å². The third-order valence-corrected chi connectivity index (χ3v) is 2.57. The van der Waals surface area contributed by atoms with Gasteiger partial charge >= 0.3 is 11.9 Å². The standard InChI is InChI=1S/C12H9F3N2O3/c1-20-8-4-2-7(3-5-8)17-10(18)6-9(12(13,14)15)16-11(17)19/h2-6H,1H3,(H,16,19). The number of nitrogens with zero attached hydrogens (tertiary/aromatic N) is 1. The molecule has 8 heteroatoms. The SMILES string of the molecule is COc1ccc(-n2c(=O)cc(C(F)(F)F)[nH]c2=O)cc1. The van der Waals surface area contributed by atoms with Crippen LogP contribution in [0.2, 0.25) is 0 Å². The molecule has 0 radical (unpaired) electrons. The maximum atomic E-state index is 12.4. The van der Waals surface area contributed by atoms with Crippen molar-refractivity contribution in [2.24, 2.45) is 0 Å². The number of hydrogen-bond acceptors (Lipinski definition) is 3. The highest BCUT2D eigenvalue weighted by molar-refractivity contribution is 5.37. The Morgan fingerprint density at radius 3 is 2.20 bits per heavy atom. The molecule has 1 N–H and O–H groups in total. The van der Waals surface area contributed by atoms with Crippen LogP contribution in [0.1, 0.15) is 5.69 Å². The number of rotatable bonds is 2. The van der Waals surface area contributed by atoms with E-state index in [1.165, 1.54) is 31.4 Å². The molecule has 1 heterocycles. The molecule has 106 valence electrons. The zero-order chi connectivity index (χ0) is 14.9. The Labute approximate surface area is 110 Å². The Morgan fingerprint density at radius 2 is 1.75 bits per heavy atom. The molecule has 0 spiro atoms. The molecular weight excluding hydrogens is 277 g/mol. The van der Waals surface area contributed by atoms with Crippen molar-refractivity contribution < 1.29 is 17.9 Å². The van der Waals surface area contributed by atoms with Gasteiger partial charge in [-0.05, 0) is 24.3 Å². The second-order valence-electron chi connectivity index (χ2n) is 3.86. The molecule has 1 aromatic heterocycles. The van der Waals surface area contributed by atoms with Crippen molar-refractivity contribution in [3.05, 3.63) is 56.9 Å². The second-order valence-corrected chi connectivity index (χ2v) is 3.86. The number of alkyl halides is 3. The summed E-state index contributed by atoms with van der Waals surface area (Å²) < 4.78 is 42.9.